The van der Waals surface area contributed by atoms with Crippen LogP contribution in [-0.2, 0) is 20.9 Å². The lowest BCUT2D eigenvalue weighted by atomic mass is 9.94. The topological polar surface area (TPSA) is 97.6 Å². The molecule has 5 rings (SSSR count). The minimum atomic E-state index is -0.854. The molecule has 240 valence electrons. The molecule has 1 aromatic heterocycles. The molecular weight excluding hydrogens is 604 g/mol. The zero-order valence-corrected chi connectivity index (χ0v) is 27.5. The van der Waals surface area contributed by atoms with Crippen LogP contribution >= 0.6 is 11.3 Å². The van der Waals surface area contributed by atoms with E-state index in [1.165, 1.54) is 24.0 Å². The Morgan fingerprint density at radius 3 is 2.48 bits per heavy atom. The number of esters is 1. The Morgan fingerprint density at radius 2 is 1.76 bits per heavy atom. The fourth-order valence-electron chi connectivity index (χ4n) is 5.22. The summed E-state index contributed by atoms with van der Waals surface area (Å²) in [4.78, 5) is 32.9. The molecule has 1 aliphatic heterocycles. The second-order valence-corrected chi connectivity index (χ2v) is 11.8. The lowest BCUT2D eigenvalue weighted by Gasteiger charge is -2.27. The van der Waals surface area contributed by atoms with Crippen LogP contribution in [0.25, 0.3) is 6.08 Å². The summed E-state index contributed by atoms with van der Waals surface area (Å²) >= 11 is 1.26. The van der Waals surface area contributed by atoms with E-state index >= 15 is 0 Å². The molecule has 0 aliphatic carbocycles. The van der Waals surface area contributed by atoms with E-state index in [1.807, 2.05) is 61.5 Å². The molecule has 0 N–H and O–H groups in total. The van der Waals surface area contributed by atoms with E-state index in [0.717, 1.165) is 23.3 Å². The predicted octanol–water partition coefficient (Wildman–Crippen LogP) is 5.11. The summed E-state index contributed by atoms with van der Waals surface area (Å²) in [7, 11) is 3.09. The van der Waals surface area contributed by atoms with Gasteiger partial charge in [-0.15, -0.1) is 0 Å². The van der Waals surface area contributed by atoms with Crippen molar-refractivity contribution in [1.82, 2.24) is 4.57 Å². The molecule has 0 radical (unpaired) electrons. The minimum Gasteiger partial charge on any atom is -0.493 e. The number of aromatic nitrogens is 1. The van der Waals surface area contributed by atoms with E-state index in [1.54, 1.807) is 24.7 Å². The third-order valence-electron chi connectivity index (χ3n) is 7.40. The number of nitrogens with zero attached hydrogens (tertiary/aromatic N) is 2. The maximum atomic E-state index is 14.2. The van der Waals surface area contributed by atoms with Gasteiger partial charge in [-0.25, -0.2) is 9.79 Å². The maximum Gasteiger partial charge on any atom is 0.338 e. The summed E-state index contributed by atoms with van der Waals surface area (Å²) in [6, 6.07) is 20.4. The molecule has 4 aromatic rings. The molecule has 0 spiro atoms. The fourth-order valence-corrected chi connectivity index (χ4v) is 6.27. The quantitative estimate of drug-likeness (QED) is 0.148. The molecule has 46 heavy (non-hydrogen) atoms. The van der Waals surface area contributed by atoms with E-state index in [9.17, 15) is 9.59 Å². The van der Waals surface area contributed by atoms with Crippen molar-refractivity contribution in [3.63, 3.8) is 0 Å². The standard InChI is InChI=1S/C36H38N2O7S/c1-6-17-43-33-28(11-8-12-29(33)42-5)32-31(35(40)44-19-18-41-4)24(3)37-36-38(32)34(39)30(46-36)21-25-13-15-27(16-14-25)45-22-26-10-7-9-23(2)20-26/h7-16,20-21,32H,6,17-19,22H2,1-5H3/b30-21+/t32-/m1/s1. The van der Waals surface area contributed by atoms with Gasteiger partial charge in [0, 0.05) is 12.7 Å². The summed E-state index contributed by atoms with van der Waals surface area (Å²) in [5, 5.41) is 0. The van der Waals surface area contributed by atoms with E-state index < -0.39 is 12.0 Å². The van der Waals surface area contributed by atoms with Gasteiger partial charge < -0.3 is 23.7 Å². The maximum absolute atomic E-state index is 14.2. The van der Waals surface area contributed by atoms with Crippen LogP contribution in [0, 0.1) is 6.92 Å². The van der Waals surface area contributed by atoms with Crippen LogP contribution in [0.2, 0.25) is 0 Å². The van der Waals surface area contributed by atoms with Crippen LogP contribution in [0.1, 0.15) is 48.6 Å². The third kappa shape index (κ3) is 7.24. The first-order chi connectivity index (χ1) is 22.3. The summed E-state index contributed by atoms with van der Waals surface area (Å²) in [5.41, 5.74) is 4.13. The molecule has 1 atom stereocenters. The molecule has 0 fully saturated rings. The van der Waals surface area contributed by atoms with Crippen molar-refractivity contribution >= 4 is 23.4 Å². The largest absolute Gasteiger partial charge is 0.493 e. The first-order valence-corrected chi connectivity index (χ1v) is 15.9. The van der Waals surface area contributed by atoms with Crippen LogP contribution in [0.3, 0.4) is 0 Å². The van der Waals surface area contributed by atoms with Gasteiger partial charge in [0.2, 0.25) is 0 Å². The number of allylic oxidation sites excluding steroid dienone is 1. The summed E-state index contributed by atoms with van der Waals surface area (Å²) in [5.74, 6) is 1.11. The molecule has 1 aliphatic rings. The van der Waals surface area contributed by atoms with Gasteiger partial charge in [-0.1, -0.05) is 72.4 Å². The molecule has 0 amide bonds. The zero-order valence-electron chi connectivity index (χ0n) is 26.7. The minimum absolute atomic E-state index is 0.0608. The van der Waals surface area contributed by atoms with Crippen LogP contribution in [-0.4, -0.2) is 44.6 Å². The molecular formula is C36H38N2O7S. The Bertz CT molecular complexity index is 1910. The van der Waals surface area contributed by atoms with Gasteiger partial charge in [0.25, 0.3) is 5.56 Å². The number of para-hydroxylation sites is 1. The highest BCUT2D eigenvalue weighted by Gasteiger charge is 2.36. The Kier molecular flexibility index (Phi) is 10.7. The Hall–Kier alpha value is -4.67. The number of hydrogen-bond acceptors (Lipinski definition) is 9. The van der Waals surface area contributed by atoms with Gasteiger partial charge in [-0.05, 0) is 55.7 Å². The number of ether oxygens (including phenoxy) is 5. The number of carbonyl (C=O) groups excluding carboxylic acids is 1. The first-order valence-electron chi connectivity index (χ1n) is 15.1. The van der Waals surface area contributed by atoms with Crippen molar-refractivity contribution in [3.05, 3.63) is 120 Å². The Balaban J connectivity index is 1.55. The molecule has 0 saturated carbocycles. The number of carbonyl (C=O) groups is 1. The van der Waals surface area contributed by atoms with E-state index in [2.05, 4.69) is 19.1 Å². The summed E-state index contributed by atoms with van der Waals surface area (Å²) < 4.78 is 30.4. The molecule has 2 heterocycles. The van der Waals surface area contributed by atoms with Gasteiger partial charge >= 0.3 is 5.97 Å². The van der Waals surface area contributed by atoms with Gasteiger partial charge in [0.15, 0.2) is 16.3 Å². The lowest BCUT2D eigenvalue weighted by Crippen LogP contribution is -2.40. The van der Waals surface area contributed by atoms with Gasteiger partial charge in [-0.3, -0.25) is 9.36 Å². The summed E-state index contributed by atoms with van der Waals surface area (Å²) in [6.07, 6.45) is 2.58. The Morgan fingerprint density at radius 1 is 0.978 bits per heavy atom. The number of fused-ring (bicyclic) bond motifs is 1. The number of rotatable bonds is 13. The third-order valence-corrected chi connectivity index (χ3v) is 8.39. The van der Waals surface area contributed by atoms with E-state index in [0.29, 0.717) is 45.3 Å². The SMILES string of the molecule is CCCOc1c(OC)cccc1[C@@H]1C(C(=O)OCCOC)=C(C)N=c2s/c(=C/c3ccc(OCc4cccc(C)c4)cc3)c(=O)n21. The highest BCUT2D eigenvalue weighted by molar-refractivity contribution is 7.07. The van der Waals surface area contributed by atoms with Crippen molar-refractivity contribution in [2.75, 3.05) is 34.0 Å². The second-order valence-electron chi connectivity index (χ2n) is 10.8. The number of hydrogen-bond donors (Lipinski definition) is 0. The van der Waals surface area contributed by atoms with Crippen molar-refractivity contribution in [2.45, 2.75) is 39.8 Å². The van der Waals surface area contributed by atoms with Crippen molar-refractivity contribution in [2.24, 2.45) is 4.99 Å². The zero-order chi connectivity index (χ0) is 32.6. The Labute approximate surface area is 272 Å². The summed E-state index contributed by atoms with van der Waals surface area (Å²) in [6.45, 7) is 6.99. The molecule has 9 nitrogen and oxygen atoms in total. The fraction of sp³-hybridized carbons (Fsp3) is 0.306. The molecule has 0 unspecified atom stereocenters. The molecule has 0 bridgehead atoms. The number of thiazole rings is 1. The normalized spacial score (nSPS) is 14.5. The molecule has 3 aromatic carbocycles. The predicted molar refractivity (Wildman–Crippen MR) is 177 cm³/mol. The number of benzene rings is 3. The van der Waals surface area contributed by atoms with Gasteiger partial charge in [-0.2, -0.15) is 0 Å². The van der Waals surface area contributed by atoms with Crippen molar-refractivity contribution in [3.8, 4) is 17.2 Å². The van der Waals surface area contributed by atoms with Crippen LogP contribution in [0.5, 0.6) is 17.2 Å². The first kappa shape index (κ1) is 32.7. The van der Waals surface area contributed by atoms with Crippen molar-refractivity contribution in [1.29, 1.82) is 0 Å². The van der Waals surface area contributed by atoms with Crippen molar-refractivity contribution < 1.29 is 28.5 Å². The highest BCUT2D eigenvalue weighted by atomic mass is 32.1. The van der Waals surface area contributed by atoms with Crippen LogP contribution < -0.4 is 29.1 Å². The average molecular weight is 643 g/mol. The van der Waals surface area contributed by atoms with Gasteiger partial charge in [0.05, 0.1) is 36.1 Å². The monoisotopic (exact) mass is 642 g/mol. The van der Waals surface area contributed by atoms with E-state index in [-0.39, 0.29) is 24.3 Å². The second kappa shape index (κ2) is 15.1. The van der Waals surface area contributed by atoms with Crippen LogP contribution in [0.15, 0.2) is 87.8 Å². The molecule has 10 heteroatoms. The lowest BCUT2D eigenvalue weighted by molar-refractivity contribution is -0.140. The smallest absolute Gasteiger partial charge is 0.338 e. The van der Waals surface area contributed by atoms with Crippen LogP contribution in [0.4, 0.5) is 0 Å². The number of aryl methyl sites for hydroxylation is 1. The highest BCUT2D eigenvalue weighted by Crippen LogP contribution is 2.41. The molecule has 0 saturated heterocycles. The van der Waals surface area contributed by atoms with E-state index in [4.69, 9.17) is 28.7 Å². The van der Waals surface area contributed by atoms with Gasteiger partial charge in [0.1, 0.15) is 25.0 Å². The average Bonchev–Trinajstić information content (AvgIpc) is 3.36. The number of methoxy groups -OCH3 is 2.